The second-order valence-corrected chi connectivity index (χ2v) is 4.33. The number of ether oxygens (including phenoxy) is 1. The molecule has 96 valence electrons. The number of hydrogen-bond donors (Lipinski definition) is 1. The molecular formula is C13H11ClN4O. The van der Waals surface area contributed by atoms with E-state index >= 15 is 0 Å². The van der Waals surface area contributed by atoms with E-state index in [0.717, 1.165) is 0 Å². The maximum atomic E-state index is 5.84. The molecular weight excluding hydrogens is 264 g/mol. The van der Waals surface area contributed by atoms with Crippen molar-refractivity contribution in [2.24, 2.45) is 0 Å². The smallest absolute Gasteiger partial charge is 0.265 e. The number of benzene rings is 1. The van der Waals surface area contributed by atoms with Crippen LogP contribution in [0, 0.1) is 0 Å². The van der Waals surface area contributed by atoms with Crippen LogP contribution in [0.2, 0.25) is 5.02 Å². The van der Waals surface area contributed by atoms with E-state index in [1.807, 2.05) is 16.8 Å². The van der Waals surface area contributed by atoms with Gasteiger partial charge in [-0.3, -0.25) is 4.40 Å². The van der Waals surface area contributed by atoms with Gasteiger partial charge in [0.05, 0.1) is 6.20 Å². The van der Waals surface area contributed by atoms with Crippen molar-refractivity contribution in [1.29, 1.82) is 0 Å². The van der Waals surface area contributed by atoms with E-state index in [1.54, 1.807) is 37.5 Å². The monoisotopic (exact) mass is 274 g/mol. The van der Waals surface area contributed by atoms with E-state index in [2.05, 4.69) is 15.3 Å². The van der Waals surface area contributed by atoms with Crippen LogP contribution in [0.4, 0.5) is 5.82 Å². The molecule has 0 unspecified atom stereocenters. The first kappa shape index (κ1) is 11.8. The zero-order chi connectivity index (χ0) is 13.2. The van der Waals surface area contributed by atoms with E-state index in [1.165, 1.54) is 0 Å². The molecule has 1 N–H and O–H groups in total. The van der Waals surface area contributed by atoms with Crippen molar-refractivity contribution in [1.82, 2.24) is 14.4 Å². The Bertz CT molecular complexity index is 708. The summed E-state index contributed by atoms with van der Waals surface area (Å²) in [5.74, 6) is 1.81. The van der Waals surface area contributed by atoms with Crippen LogP contribution in [0.1, 0.15) is 0 Å². The number of nitrogens with zero attached hydrogens (tertiary/aromatic N) is 3. The van der Waals surface area contributed by atoms with Crippen molar-refractivity contribution in [3.05, 3.63) is 47.9 Å². The summed E-state index contributed by atoms with van der Waals surface area (Å²) in [7, 11) is 1.80. The van der Waals surface area contributed by atoms with Crippen molar-refractivity contribution in [3.8, 4) is 11.6 Å². The molecule has 0 spiro atoms. The molecule has 0 atom stereocenters. The van der Waals surface area contributed by atoms with Gasteiger partial charge in [0.2, 0.25) is 5.65 Å². The van der Waals surface area contributed by atoms with Crippen molar-refractivity contribution in [3.63, 3.8) is 0 Å². The number of aromatic nitrogens is 3. The lowest BCUT2D eigenvalue weighted by Gasteiger charge is -2.08. The summed E-state index contributed by atoms with van der Waals surface area (Å²) in [6.45, 7) is 0. The Kier molecular flexibility index (Phi) is 2.97. The lowest BCUT2D eigenvalue weighted by Crippen LogP contribution is -1.99. The quantitative estimate of drug-likeness (QED) is 0.797. The Hall–Kier alpha value is -2.27. The summed E-state index contributed by atoms with van der Waals surface area (Å²) in [5, 5.41) is 3.65. The van der Waals surface area contributed by atoms with Crippen LogP contribution < -0.4 is 10.1 Å². The van der Waals surface area contributed by atoms with Gasteiger partial charge in [0.15, 0.2) is 0 Å². The second-order valence-electron chi connectivity index (χ2n) is 3.90. The minimum atomic E-state index is 0.444. The number of anilines is 1. The summed E-state index contributed by atoms with van der Waals surface area (Å²) < 4.78 is 7.61. The zero-order valence-electron chi connectivity index (χ0n) is 10.2. The van der Waals surface area contributed by atoms with E-state index in [4.69, 9.17) is 16.3 Å². The molecule has 5 nitrogen and oxygen atoms in total. The molecule has 2 heterocycles. The van der Waals surface area contributed by atoms with Gasteiger partial charge in [-0.1, -0.05) is 11.6 Å². The topological polar surface area (TPSA) is 51.5 Å². The highest BCUT2D eigenvalue weighted by molar-refractivity contribution is 6.30. The first-order chi connectivity index (χ1) is 9.26. The first-order valence-electron chi connectivity index (χ1n) is 5.71. The Morgan fingerprint density at radius 1 is 1.26 bits per heavy atom. The largest absolute Gasteiger partial charge is 0.436 e. The molecule has 3 aromatic rings. The molecule has 0 radical (unpaired) electrons. The van der Waals surface area contributed by atoms with Crippen molar-refractivity contribution in [2.45, 2.75) is 0 Å². The second kappa shape index (κ2) is 4.78. The third kappa shape index (κ3) is 2.32. The van der Waals surface area contributed by atoms with Crippen molar-refractivity contribution >= 4 is 23.1 Å². The van der Waals surface area contributed by atoms with Crippen LogP contribution in [-0.4, -0.2) is 21.4 Å². The van der Waals surface area contributed by atoms with E-state index in [0.29, 0.717) is 28.1 Å². The normalized spacial score (nSPS) is 10.6. The van der Waals surface area contributed by atoms with Gasteiger partial charge in [-0.15, -0.1) is 0 Å². The number of halogens is 1. The van der Waals surface area contributed by atoms with Gasteiger partial charge in [0.1, 0.15) is 11.6 Å². The highest BCUT2D eigenvalue weighted by atomic mass is 35.5. The number of imidazole rings is 1. The van der Waals surface area contributed by atoms with Crippen LogP contribution in [0.5, 0.6) is 11.6 Å². The molecule has 6 heteroatoms. The maximum absolute atomic E-state index is 5.84. The van der Waals surface area contributed by atoms with Crippen LogP contribution >= 0.6 is 11.6 Å². The highest BCUT2D eigenvalue weighted by Crippen LogP contribution is 2.25. The predicted molar refractivity (Wildman–Crippen MR) is 74.1 cm³/mol. The molecule has 0 aliphatic rings. The van der Waals surface area contributed by atoms with Crippen LogP contribution in [0.15, 0.2) is 42.9 Å². The number of fused-ring (bicyclic) bond motifs is 1. The third-order valence-corrected chi connectivity index (χ3v) is 2.88. The zero-order valence-corrected chi connectivity index (χ0v) is 10.9. The molecule has 19 heavy (non-hydrogen) atoms. The van der Waals surface area contributed by atoms with Crippen LogP contribution in [0.3, 0.4) is 0 Å². The molecule has 2 aromatic heterocycles. The lowest BCUT2D eigenvalue weighted by molar-refractivity contribution is 0.466. The molecule has 3 rings (SSSR count). The van der Waals surface area contributed by atoms with Gasteiger partial charge in [0.25, 0.3) is 5.88 Å². The fourth-order valence-electron chi connectivity index (χ4n) is 1.71. The Balaban J connectivity index is 2.03. The van der Waals surface area contributed by atoms with E-state index in [-0.39, 0.29) is 0 Å². The van der Waals surface area contributed by atoms with Crippen molar-refractivity contribution < 1.29 is 4.74 Å². The fraction of sp³-hybridized carbons (Fsp3) is 0.0769. The first-order valence-corrected chi connectivity index (χ1v) is 6.09. The minimum absolute atomic E-state index is 0.444. The predicted octanol–water partition coefficient (Wildman–Crippen LogP) is 3.22. The number of rotatable bonds is 3. The van der Waals surface area contributed by atoms with Gasteiger partial charge in [-0.25, -0.2) is 4.98 Å². The number of hydrogen-bond acceptors (Lipinski definition) is 4. The average molecular weight is 275 g/mol. The molecule has 0 fully saturated rings. The summed E-state index contributed by atoms with van der Waals surface area (Å²) >= 11 is 5.84. The lowest BCUT2D eigenvalue weighted by atomic mass is 10.3. The van der Waals surface area contributed by atoms with Gasteiger partial charge >= 0.3 is 0 Å². The fourth-order valence-corrected chi connectivity index (χ4v) is 1.83. The Labute approximate surface area is 114 Å². The third-order valence-electron chi connectivity index (χ3n) is 2.63. The molecule has 0 aliphatic carbocycles. The molecule has 0 saturated heterocycles. The maximum Gasteiger partial charge on any atom is 0.265 e. The standard InChI is InChI=1S/C13H11ClN4O/c1-15-11-8-18-7-6-16-12(18)13(17-11)19-10-4-2-9(14)3-5-10/h2-8,15H,1H3. The van der Waals surface area contributed by atoms with Gasteiger partial charge in [0, 0.05) is 24.5 Å². The minimum Gasteiger partial charge on any atom is -0.436 e. The summed E-state index contributed by atoms with van der Waals surface area (Å²) in [5.41, 5.74) is 0.661. The molecule has 0 bridgehead atoms. The highest BCUT2D eigenvalue weighted by Gasteiger charge is 2.09. The summed E-state index contributed by atoms with van der Waals surface area (Å²) in [6, 6.07) is 7.11. The van der Waals surface area contributed by atoms with Crippen LogP contribution in [0.25, 0.3) is 5.65 Å². The van der Waals surface area contributed by atoms with Gasteiger partial charge < -0.3 is 10.1 Å². The van der Waals surface area contributed by atoms with Gasteiger partial charge in [-0.05, 0) is 24.3 Å². The van der Waals surface area contributed by atoms with Crippen molar-refractivity contribution in [2.75, 3.05) is 12.4 Å². The Morgan fingerprint density at radius 2 is 2.05 bits per heavy atom. The summed E-state index contributed by atoms with van der Waals surface area (Å²) in [4.78, 5) is 8.59. The Morgan fingerprint density at radius 3 is 2.79 bits per heavy atom. The van der Waals surface area contributed by atoms with E-state index in [9.17, 15) is 0 Å². The molecule has 0 amide bonds. The molecule has 0 saturated carbocycles. The number of nitrogens with one attached hydrogen (secondary N) is 1. The average Bonchev–Trinajstić information content (AvgIpc) is 2.89. The van der Waals surface area contributed by atoms with E-state index < -0.39 is 0 Å². The summed E-state index contributed by atoms with van der Waals surface area (Å²) in [6.07, 6.45) is 5.38. The van der Waals surface area contributed by atoms with Crippen LogP contribution in [-0.2, 0) is 0 Å². The molecule has 0 aliphatic heterocycles. The van der Waals surface area contributed by atoms with Gasteiger partial charge in [-0.2, -0.15) is 4.98 Å². The SMILES string of the molecule is CNc1cn2ccnc2c(Oc2ccc(Cl)cc2)n1. The molecule has 1 aromatic carbocycles.